The number of furan rings is 1. The van der Waals surface area contributed by atoms with Crippen LogP contribution in [0.5, 0.6) is 0 Å². The summed E-state index contributed by atoms with van der Waals surface area (Å²) < 4.78 is 5.09. The highest BCUT2D eigenvalue weighted by Crippen LogP contribution is 2.27. The Morgan fingerprint density at radius 2 is 2.19 bits per heavy atom. The van der Waals surface area contributed by atoms with Crippen LogP contribution in [0, 0.1) is 10.1 Å². The van der Waals surface area contributed by atoms with Crippen LogP contribution in [0.15, 0.2) is 58.5 Å². The number of benzene rings is 1. The first kappa shape index (κ1) is 18.4. The van der Waals surface area contributed by atoms with Gasteiger partial charge in [0.25, 0.3) is 5.69 Å². The van der Waals surface area contributed by atoms with Crippen molar-refractivity contribution in [2.75, 3.05) is 5.32 Å². The number of thiazole rings is 1. The van der Waals surface area contributed by atoms with Crippen LogP contribution < -0.4 is 10.6 Å². The number of nitrogens with one attached hydrogen (secondary N) is 2. The van der Waals surface area contributed by atoms with Gasteiger partial charge in [0, 0.05) is 29.2 Å². The van der Waals surface area contributed by atoms with Gasteiger partial charge in [0.15, 0.2) is 10.2 Å². The average Bonchev–Trinajstić information content (AvgIpc) is 3.32. The molecular formula is C17H12N4O4S2. The molecule has 0 bridgehead atoms. The number of carbonyl (C=O) groups excluding carboxylic acids is 1. The van der Waals surface area contributed by atoms with E-state index in [1.807, 2.05) is 0 Å². The molecule has 0 saturated heterocycles. The highest BCUT2D eigenvalue weighted by molar-refractivity contribution is 7.80. The fourth-order valence-electron chi connectivity index (χ4n) is 2.07. The Morgan fingerprint density at radius 1 is 1.33 bits per heavy atom. The lowest BCUT2D eigenvalue weighted by Crippen LogP contribution is -2.32. The minimum atomic E-state index is -0.462. The largest absolute Gasteiger partial charge is 0.465 e. The number of hydrogen-bond donors (Lipinski definition) is 2. The van der Waals surface area contributed by atoms with Crippen LogP contribution in [0.4, 0.5) is 10.8 Å². The predicted octanol–water partition coefficient (Wildman–Crippen LogP) is 3.84. The van der Waals surface area contributed by atoms with Gasteiger partial charge in [-0.25, -0.2) is 4.98 Å². The van der Waals surface area contributed by atoms with Gasteiger partial charge in [-0.2, -0.15) is 0 Å². The summed E-state index contributed by atoms with van der Waals surface area (Å²) in [7, 11) is 0. The zero-order valence-corrected chi connectivity index (χ0v) is 15.3. The van der Waals surface area contributed by atoms with E-state index in [4.69, 9.17) is 16.6 Å². The molecule has 27 heavy (non-hydrogen) atoms. The smallest absolute Gasteiger partial charge is 0.270 e. The first-order chi connectivity index (χ1) is 13.0. The number of carbonyl (C=O) groups is 1. The van der Waals surface area contributed by atoms with Gasteiger partial charge in [0.05, 0.1) is 16.9 Å². The minimum absolute atomic E-state index is 0.0128. The van der Waals surface area contributed by atoms with Crippen LogP contribution in [0.1, 0.15) is 5.76 Å². The Balaban J connectivity index is 1.60. The second-order valence-corrected chi connectivity index (χ2v) is 6.40. The van der Waals surface area contributed by atoms with Gasteiger partial charge in [-0.1, -0.05) is 12.1 Å². The van der Waals surface area contributed by atoms with Gasteiger partial charge in [0.2, 0.25) is 5.91 Å². The number of nitro benzene ring substituents is 1. The second kappa shape index (κ2) is 8.34. The lowest BCUT2D eigenvalue weighted by atomic mass is 10.1. The molecule has 0 unspecified atom stereocenters. The summed E-state index contributed by atoms with van der Waals surface area (Å²) in [6.07, 6.45) is 4.32. The van der Waals surface area contributed by atoms with Crippen molar-refractivity contribution in [2.24, 2.45) is 0 Å². The van der Waals surface area contributed by atoms with Gasteiger partial charge in [-0.05, 0) is 30.4 Å². The fourth-order valence-corrected chi connectivity index (χ4v) is 3.05. The number of hydrogen-bond acceptors (Lipinski definition) is 7. The lowest BCUT2D eigenvalue weighted by molar-refractivity contribution is -0.384. The van der Waals surface area contributed by atoms with E-state index in [1.165, 1.54) is 41.9 Å². The molecule has 0 spiro atoms. The summed E-state index contributed by atoms with van der Waals surface area (Å²) in [6, 6.07) is 9.60. The van der Waals surface area contributed by atoms with E-state index in [1.54, 1.807) is 29.6 Å². The number of thiocarbonyl (C=S) groups is 1. The Bertz CT molecular complexity index is 1010. The van der Waals surface area contributed by atoms with Crippen LogP contribution in [-0.2, 0) is 4.79 Å². The first-order valence-electron chi connectivity index (χ1n) is 7.55. The Hall–Kier alpha value is -3.37. The molecule has 0 saturated carbocycles. The van der Waals surface area contributed by atoms with Crippen molar-refractivity contribution >= 4 is 51.5 Å². The molecule has 2 aromatic heterocycles. The number of rotatable bonds is 5. The van der Waals surface area contributed by atoms with Crippen molar-refractivity contribution in [2.45, 2.75) is 0 Å². The normalized spacial score (nSPS) is 10.7. The van der Waals surface area contributed by atoms with Gasteiger partial charge in [-0.15, -0.1) is 11.3 Å². The maximum atomic E-state index is 11.8. The zero-order chi connectivity index (χ0) is 19.2. The maximum Gasteiger partial charge on any atom is 0.270 e. The van der Waals surface area contributed by atoms with E-state index in [0.29, 0.717) is 22.1 Å². The summed E-state index contributed by atoms with van der Waals surface area (Å²) >= 11 is 6.35. The van der Waals surface area contributed by atoms with E-state index < -0.39 is 10.8 Å². The molecule has 1 amide bonds. The predicted molar refractivity (Wildman–Crippen MR) is 106 cm³/mol. The number of nitro groups is 1. The van der Waals surface area contributed by atoms with Crippen molar-refractivity contribution in [3.63, 3.8) is 0 Å². The Labute approximate surface area is 162 Å². The van der Waals surface area contributed by atoms with Crippen molar-refractivity contribution in [3.05, 3.63) is 70.0 Å². The molecule has 136 valence electrons. The number of aromatic nitrogens is 1. The minimum Gasteiger partial charge on any atom is -0.465 e. The standard InChI is InChI=1S/C17H12N4O4S2/c22-15(7-6-13-5-2-8-25-13)19-16(26)20-17-18-14(10-27-17)11-3-1-4-12(9-11)21(23)24/h1-10H,(H2,18,19,20,22,26)/b7-6+. The fraction of sp³-hybridized carbons (Fsp3) is 0. The van der Waals surface area contributed by atoms with Crippen LogP contribution in [-0.4, -0.2) is 20.9 Å². The van der Waals surface area contributed by atoms with Crippen LogP contribution in [0.2, 0.25) is 0 Å². The number of non-ortho nitro benzene ring substituents is 1. The highest BCUT2D eigenvalue weighted by Gasteiger charge is 2.11. The quantitative estimate of drug-likeness (QED) is 0.290. The van der Waals surface area contributed by atoms with E-state index >= 15 is 0 Å². The van der Waals surface area contributed by atoms with E-state index in [-0.39, 0.29) is 10.8 Å². The SMILES string of the molecule is O=C(/C=C/c1ccco1)NC(=S)Nc1nc(-c2cccc([N+](=O)[O-])c2)cs1. The molecule has 2 N–H and O–H groups in total. The van der Waals surface area contributed by atoms with E-state index in [2.05, 4.69) is 15.6 Å². The van der Waals surface area contributed by atoms with Gasteiger partial charge in [0.1, 0.15) is 5.76 Å². The molecule has 0 fully saturated rings. The third-order valence-corrected chi connectivity index (χ3v) is 4.22. The second-order valence-electron chi connectivity index (χ2n) is 5.14. The van der Waals surface area contributed by atoms with Crippen LogP contribution in [0.3, 0.4) is 0 Å². The summed E-state index contributed by atoms with van der Waals surface area (Å²) in [5.74, 6) is 0.130. The number of anilines is 1. The molecular weight excluding hydrogens is 388 g/mol. The van der Waals surface area contributed by atoms with E-state index in [9.17, 15) is 14.9 Å². The highest BCUT2D eigenvalue weighted by atomic mass is 32.1. The van der Waals surface area contributed by atoms with Crippen LogP contribution >= 0.6 is 23.6 Å². The molecule has 8 nitrogen and oxygen atoms in total. The summed E-state index contributed by atoms with van der Waals surface area (Å²) in [6.45, 7) is 0. The molecule has 0 aliphatic rings. The summed E-state index contributed by atoms with van der Waals surface area (Å²) in [5.41, 5.74) is 1.17. The molecule has 0 aliphatic carbocycles. The molecule has 0 aliphatic heterocycles. The first-order valence-corrected chi connectivity index (χ1v) is 8.84. The van der Waals surface area contributed by atoms with Gasteiger partial charge < -0.3 is 9.73 Å². The maximum absolute atomic E-state index is 11.8. The Kier molecular flexibility index (Phi) is 5.69. The molecule has 10 heteroatoms. The van der Waals surface area contributed by atoms with Gasteiger partial charge in [-0.3, -0.25) is 20.2 Å². The van der Waals surface area contributed by atoms with E-state index in [0.717, 1.165) is 0 Å². The molecule has 2 heterocycles. The molecule has 0 radical (unpaired) electrons. The van der Waals surface area contributed by atoms with Crippen molar-refractivity contribution in [3.8, 4) is 11.3 Å². The third kappa shape index (κ3) is 5.06. The van der Waals surface area contributed by atoms with Crippen LogP contribution in [0.25, 0.3) is 17.3 Å². The average molecular weight is 400 g/mol. The monoisotopic (exact) mass is 400 g/mol. The zero-order valence-electron chi connectivity index (χ0n) is 13.6. The topological polar surface area (TPSA) is 110 Å². The number of nitrogens with zero attached hydrogens (tertiary/aromatic N) is 2. The number of amides is 1. The molecule has 3 rings (SSSR count). The summed E-state index contributed by atoms with van der Waals surface area (Å²) in [4.78, 5) is 26.6. The molecule has 1 aromatic carbocycles. The van der Waals surface area contributed by atoms with Crippen molar-refractivity contribution in [1.29, 1.82) is 0 Å². The summed E-state index contributed by atoms with van der Waals surface area (Å²) in [5, 5.41) is 18.5. The van der Waals surface area contributed by atoms with Gasteiger partial charge >= 0.3 is 0 Å². The van der Waals surface area contributed by atoms with Crippen molar-refractivity contribution < 1.29 is 14.1 Å². The van der Waals surface area contributed by atoms with Crippen molar-refractivity contribution in [1.82, 2.24) is 10.3 Å². The lowest BCUT2D eigenvalue weighted by Gasteiger charge is -2.04. The molecule has 0 atom stereocenters. The third-order valence-electron chi connectivity index (χ3n) is 3.26. The Morgan fingerprint density at radius 3 is 2.93 bits per heavy atom. The molecule has 3 aromatic rings.